The van der Waals surface area contributed by atoms with E-state index in [2.05, 4.69) is 23.6 Å². The van der Waals surface area contributed by atoms with Gasteiger partial charge in [-0.3, -0.25) is 0 Å². The van der Waals surface area contributed by atoms with Crippen LogP contribution in [0.3, 0.4) is 0 Å². The van der Waals surface area contributed by atoms with Gasteiger partial charge >= 0.3 is 0 Å². The molecule has 0 heterocycles. The zero-order valence-electron chi connectivity index (χ0n) is 12.5. The fourth-order valence-electron chi connectivity index (χ4n) is 2.28. The maximum atomic E-state index is 13.2. The molecule has 0 amide bonds. The van der Waals surface area contributed by atoms with Crippen molar-refractivity contribution in [2.75, 3.05) is 5.32 Å². The SMILES string of the molecule is CC[C@H](NC(=S)Nc1ccc(F)c(F)c1)c1ccccc1C. The van der Waals surface area contributed by atoms with E-state index in [0.717, 1.165) is 18.6 Å². The van der Waals surface area contributed by atoms with Crippen molar-refractivity contribution in [1.82, 2.24) is 5.32 Å². The normalized spacial score (nSPS) is 11.8. The molecule has 5 heteroatoms. The third-order valence-electron chi connectivity index (χ3n) is 3.45. The number of thiocarbonyl (C=S) groups is 1. The van der Waals surface area contributed by atoms with E-state index in [9.17, 15) is 8.78 Å². The van der Waals surface area contributed by atoms with E-state index < -0.39 is 11.6 Å². The van der Waals surface area contributed by atoms with Crippen LogP contribution in [0.4, 0.5) is 14.5 Å². The van der Waals surface area contributed by atoms with Crippen LogP contribution in [-0.2, 0) is 0 Å². The van der Waals surface area contributed by atoms with Crippen LogP contribution in [0.1, 0.15) is 30.5 Å². The molecule has 0 spiro atoms. The van der Waals surface area contributed by atoms with Gasteiger partial charge in [0.15, 0.2) is 16.7 Å². The standard InChI is InChI=1S/C17H18F2N2S/c1-3-16(13-7-5-4-6-11(13)2)21-17(22)20-12-8-9-14(18)15(19)10-12/h4-10,16H,3H2,1-2H3,(H2,20,21,22)/t16-/m0/s1. The molecule has 2 aromatic carbocycles. The smallest absolute Gasteiger partial charge is 0.171 e. The summed E-state index contributed by atoms with van der Waals surface area (Å²) in [5.74, 6) is -1.78. The summed E-state index contributed by atoms with van der Waals surface area (Å²) >= 11 is 5.26. The monoisotopic (exact) mass is 320 g/mol. The predicted molar refractivity (Wildman–Crippen MR) is 89.9 cm³/mol. The van der Waals surface area contributed by atoms with E-state index in [1.54, 1.807) is 0 Å². The molecule has 2 nitrogen and oxygen atoms in total. The molecule has 0 aliphatic carbocycles. The molecule has 0 fully saturated rings. The van der Waals surface area contributed by atoms with Crippen LogP contribution in [0, 0.1) is 18.6 Å². The number of aryl methyl sites for hydroxylation is 1. The molecule has 0 radical (unpaired) electrons. The van der Waals surface area contributed by atoms with Crippen molar-refractivity contribution in [1.29, 1.82) is 0 Å². The number of hydrogen-bond donors (Lipinski definition) is 2. The first-order valence-electron chi connectivity index (χ1n) is 7.09. The van der Waals surface area contributed by atoms with Crippen LogP contribution in [0.15, 0.2) is 42.5 Å². The summed E-state index contributed by atoms with van der Waals surface area (Å²) in [6.45, 7) is 4.11. The Morgan fingerprint density at radius 3 is 2.50 bits per heavy atom. The van der Waals surface area contributed by atoms with Gasteiger partial charge in [-0.25, -0.2) is 8.78 Å². The van der Waals surface area contributed by atoms with Gasteiger partial charge in [0.1, 0.15) is 0 Å². The number of halogens is 2. The number of benzene rings is 2. The summed E-state index contributed by atoms with van der Waals surface area (Å²) < 4.78 is 26.1. The molecule has 116 valence electrons. The third-order valence-corrected chi connectivity index (χ3v) is 3.67. The van der Waals surface area contributed by atoms with Gasteiger partial charge in [-0.1, -0.05) is 31.2 Å². The molecular weight excluding hydrogens is 302 g/mol. The van der Waals surface area contributed by atoms with Gasteiger partial charge in [-0.05, 0) is 48.8 Å². The van der Waals surface area contributed by atoms with Crippen molar-refractivity contribution in [3.8, 4) is 0 Å². The summed E-state index contributed by atoms with van der Waals surface area (Å²) in [5, 5.41) is 6.46. The maximum absolute atomic E-state index is 13.2. The van der Waals surface area contributed by atoms with E-state index in [1.807, 2.05) is 25.1 Å². The highest BCUT2D eigenvalue weighted by Crippen LogP contribution is 2.20. The van der Waals surface area contributed by atoms with Crippen molar-refractivity contribution < 1.29 is 8.78 Å². The second-order valence-electron chi connectivity index (χ2n) is 5.04. The van der Waals surface area contributed by atoms with E-state index in [0.29, 0.717) is 10.8 Å². The molecule has 0 unspecified atom stereocenters. The fraction of sp³-hybridized carbons (Fsp3) is 0.235. The van der Waals surface area contributed by atoms with Crippen molar-refractivity contribution in [2.24, 2.45) is 0 Å². The van der Waals surface area contributed by atoms with Gasteiger partial charge in [0, 0.05) is 11.8 Å². The lowest BCUT2D eigenvalue weighted by Crippen LogP contribution is -2.32. The number of anilines is 1. The van der Waals surface area contributed by atoms with Crippen LogP contribution in [0.25, 0.3) is 0 Å². The topological polar surface area (TPSA) is 24.1 Å². The molecule has 0 saturated heterocycles. The highest BCUT2D eigenvalue weighted by atomic mass is 32.1. The Morgan fingerprint density at radius 2 is 1.86 bits per heavy atom. The summed E-state index contributed by atoms with van der Waals surface area (Å²) in [5.41, 5.74) is 2.76. The van der Waals surface area contributed by atoms with Crippen molar-refractivity contribution in [2.45, 2.75) is 26.3 Å². The predicted octanol–water partition coefficient (Wildman–Crippen LogP) is 4.71. The van der Waals surface area contributed by atoms with E-state index in [-0.39, 0.29) is 6.04 Å². The van der Waals surface area contributed by atoms with Crippen molar-refractivity contribution >= 4 is 23.0 Å². The molecule has 0 aliphatic rings. The summed E-state index contributed by atoms with van der Waals surface area (Å²) in [6.07, 6.45) is 0.852. The second kappa shape index (κ2) is 7.31. The fourth-order valence-corrected chi connectivity index (χ4v) is 2.54. The lowest BCUT2D eigenvalue weighted by Gasteiger charge is -2.21. The average Bonchev–Trinajstić information content (AvgIpc) is 2.49. The van der Waals surface area contributed by atoms with Gasteiger partial charge < -0.3 is 10.6 Å². The van der Waals surface area contributed by atoms with Crippen LogP contribution in [0.2, 0.25) is 0 Å². The first-order chi connectivity index (χ1) is 10.5. The van der Waals surface area contributed by atoms with Crippen molar-refractivity contribution in [3.63, 3.8) is 0 Å². The Kier molecular flexibility index (Phi) is 5.44. The van der Waals surface area contributed by atoms with Gasteiger partial charge in [0.25, 0.3) is 0 Å². The Hall–Kier alpha value is -2.01. The van der Waals surface area contributed by atoms with Gasteiger partial charge in [0.05, 0.1) is 6.04 Å². The van der Waals surface area contributed by atoms with Crippen LogP contribution in [0.5, 0.6) is 0 Å². The molecule has 2 aromatic rings. The maximum Gasteiger partial charge on any atom is 0.171 e. The number of nitrogens with one attached hydrogen (secondary N) is 2. The second-order valence-corrected chi connectivity index (χ2v) is 5.45. The highest BCUT2D eigenvalue weighted by Gasteiger charge is 2.13. The largest absolute Gasteiger partial charge is 0.356 e. The first-order valence-corrected chi connectivity index (χ1v) is 7.50. The number of rotatable bonds is 4. The molecular formula is C17H18F2N2S. The van der Waals surface area contributed by atoms with Gasteiger partial charge in [-0.2, -0.15) is 0 Å². The quantitative estimate of drug-likeness (QED) is 0.798. The Bertz CT molecular complexity index is 673. The molecule has 2 N–H and O–H groups in total. The Labute approximate surface area is 134 Å². The molecule has 1 atom stereocenters. The van der Waals surface area contributed by atoms with Gasteiger partial charge in [0.2, 0.25) is 0 Å². The zero-order valence-corrected chi connectivity index (χ0v) is 13.3. The molecule has 2 rings (SSSR count). The molecule has 0 aliphatic heterocycles. The minimum absolute atomic E-state index is 0.0616. The first kappa shape index (κ1) is 16.4. The van der Waals surface area contributed by atoms with Crippen LogP contribution < -0.4 is 10.6 Å². The molecule has 22 heavy (non-hydrogen) atoms. The summed E-state index contributed by atoms with van der Waals surface area (Å²) in [6, 6.07) is 11.7. The molecule has 0 saturated carbocycles. The zero-order chi connectivity index (χ0) is 16.1. The lowest BCUT2D eigenvalue weighted by atomic mass is 10.00. The number of hydrogen-bond acceptors (Lipinski definition) is 1. The van der Waals surface area contributed by atoms with Gasteiger partial charge in [-0.15, -0.1) is 0 Å². The third kappa shape index (κ3) is 4.01. The Morgan fingerprint density at radius 1 is 1.14 bits per heavy atom. The molecule has 0 aromatic heterocycles. The van der Waals surface area contributed by atoms with Crippen LogP contribution >= 0.6 is 12.2 Å². The summed E-state index contributed by atoms with van der Waals surface area (Å²) in [7, 11) is 0. The van der Waals surface area contributed by atoms with E-state index in [1.165, 1.54) is 17.2 Å². The lowest BCUT2D eigenvalue weighted by molar-refractivity contribution is 0.509. The van der Waals surface area contributed by atoms with Crippen LogP contribution in [-0.4, -0.2) is 5.11 Å². The molecule has 0 bridgehead atoms. The van der Waals surface area contributed by atoms with E-state index >= 15 is 0 Å². The minimum Gasteiger partial charge on any atom is -0.356 e. The average molecular weight is 320 g/mol. The summed E-state index contributed by atoms with van der Waals surface area (Å²) in [4.78, 5) is 0. The minimum atomic E-state index is -0.904. The highest BCUT2D eigenvalue weighted by molar-refractivity contribution is 7.80. The van der Waals surface area contributed by atoms with Crippen molar-refractivity contribution in [3.05, 3.63) is 65.2 Å². The Balaban J connectivity index is 2.06. The van der Waals surface area contributed by atoms with E-state index in [4.69, 9.17) is 12.2 Å².